The molecule has 1 heterocycles. The lowest BCUT2D eigenvalue weighted by Gasteiger charge is -2.27. The van der Waals surface area contributed by atoms with Gasteiger partial charge in [0.1, 0.15) is 0 Å². The first-order valence-corrected chi connectivity index (χ1v) is 5.46. The maximum atomic E-state index is 5.07. The standard InChI is InChI=1S/C8H17NO.C3H8/c1-7-3-4-9-8(5-7)6-10-2;1-3-2/h7-9H,3-6H2,1-2H3;3H2,1-2H3/t7-,8-;/m0./s1. The summed E-state index contributed by atoms with van der Waals surface area (Å²) in [6, 6.07) is 0.605. The van der Waals surface area contributed by atoms with Crippen LogP contribution in [-0.4, -0.2) is 26.3 Å². The molecule has 2 heteroatoms. The molecule has 80 valence electrons. The average molecular weight is 187 g/mol. The third-order valence-corrected chi connectivity index (χ3v) is 2.12. The zero-order valence-electron chi connectivity index (χ0n) is 9.60. The lowest BCUT2D eigenvalue weighted by Crippen LogP contribution is -2.40. The molecule has 1 aliphatic heterocycles. The Morgan fingerprint density at radius 3 is 2.46 bits per heavy atom. The van der Waals surface area contributed by atoms with Gasteiger partial charge in [-0.3, -0.25) is 0 Å². The summed E-state index contributed by atoms with van der Waals surface area (Å²) in [7, 11) is 1.76. The van der Waals surface area contributed by atoms with Crippen LogP contribution in [0, 0.1) is 5.92 Å². The molecule has 0 aliphatic carbocycles. The molecule has 1 N–H and O–H groups in total. The molecular weight excluding hydrogens is 162 g/mol. The SMILES string of the molecule is CCC.COC[C@@H]1C[C@@H](C)CCN1. The van der Waals surface area contributed by atoms with Gasteiger partial charge in [0.25, 0.3) is 0 Å². The fraction of sp³-hybridized carbons (Fsp3) is 1.00. The lowest BCUT2D eigenvalue weighted by atomic mass is 9.95. The van der Waals surface area contributed by atoms with Gasteiger partial charge in [0.15, 0.2) is 0 Å². The van der Waals surface area contributed by atoms with E-state index >= 15 is 0 Å². The Hall–Kier alpha value is -0.0800. The topological polar surface area (TPSA) is 21.3 Å². The fourth-order valence-corrected chi connectivity index (χ4v) is 1.55. The lowest BCUT2D eigenvalue weighted by molar-refractivity contribution is 0.142. The Balaban J connectivity index is 0.000000424. The molecule has 1 saturated heterocycles. The molecule has 1 aliphatic rings. The largest absolute Gasteiger partial charge is 0.383 e. The van der Waals surface area contributed by atoms with Crippen molar-refractivity contribution in [2.75, 3.05) is 20.3 Å². The number of nitrogens with one attached hydrogen (secondary N) is 1. The number of rotatable bonds is 2. The minimum absolute atomic E-state index is 0.605. The van der Waals surface area contributed by atoms with Gasteiger partial charge in [0, 0.05) is 13.2 Å². The summed E-state index contributed by atoms with van der Waals surface area (Å²) >= 11 is 0. The molecule has 0 aromatic heterocycles. The predicted octanol–water partition coefficient (Wildman–Crippen LogP) is 2.44. The van der Waals surface area contributed by atoms with Gasteiger partial charge in [-0.25, -0.2) is 0 Å². The maximum Gasteiger partial charge on any atom is 0.0615 e. The van der Waals surface area contributed by atoms with Crippen molar-refractivity contribution in [1.82, 2.24) is 5.32 Å². The molecule has 2 nitrogen and oxygen atoms in total. The fourth-order valence-electron chi connectivity index (χ4n) is 1.55. The number of ether oxygens (including phenoxy) is 1. The molecule has 0 aromatic rings. The monoisotopic (exact) mass is 187 g/mol. The predicted molar refractivity (Wildman–Crippen MR) is 58.0 cm³/mol. The van der Waals surface area contributed by atoms with Crippen molar-refractivity contribution in [3.8, 4) is 0 Å². The van der Waals surface area contributed by atoms with Crippen LogP contribution in [0.2, 0.25) is 0 Å². The van der Waals surface area contributed by atoms with Crippen molar-refractivity contribution in [2.45, 2.75) is 46.1 Å². The highest BCUT2D eigenvalue weighted by atomic mass is 16.5. The maximum absolute atomic E-state index is 5.07. The third-order valence-electron chi connectivity index (χ3n) is 2.12. The molecule has 0 bridgehead atoms. The first-order chi connectivity index (χ1) is 6.24. The number of methoxy groups -OCH3 is 1. The smallest absolute Gasteiger partial charge is 0.0615 e. The van der Waals surface area contributed by atoms with Crippen LogP contribution in [0.15, 0.2) is 0 Å². The Morgan fingerprint density at radius 1 is 1.38 bits per heavy atom. The average Bonchev–Trinajstić information content (AvgIpc) is 2.06. The third kappa shape index (κ3) is 7.03. The zero-order chi connectivity index (χ0) is 10.1. The second-order valence-corrected chi connectivity index (χ2v) is 3.94. The Morgan fingerprint density at radius 2 is 2.00 bits per heavy atom. The molecular formula is C11H25NO. The van der Waals surface area contributed by atoms with Crippen LogP contribution >= 0.6 is 0 Å². The Bertz CT molecular complexity index is 104. The summed E-state index contributed by atoms with van der Waals surface area (Å²) in [4.78, 5) is 0. The first kappa shape index (κ1) is 12.9. The highest BCUT2D eigenvalue weighted by Gasteiger charge is 2.16. The summed E-state index contributed by atoms with van der Waals surface area (Å²) in [6.45, 7) is 8.59. The van der Waals surface area contributed by atoms with Crippen molar-refractivity contribution >= 4 is 0 Å². The van der Waals surface area contributed by atoms with Crippen LogP contribution in [0.1, 0.15) is 40.0 Å². The van der Waals surface area contributed by atoms with Gasteiger partial charge in [0.05, 0.1) is 6.61 Å². The molecule has 13 heavy (non-hydrogen) atoms. The van der Waals surface area contributed by atoms with Gasteiger partial charge in [-0.05, 0) is 25.3 Å². The minimum atomic E-state index is 0.605. The summed E-state index contributed by atoms with van der Waals surface area (Å²) in [6.07, 6.45) is 3.84. The van der Waals surface area contributed by atoms with E-state index < -0.39 is 0 Å². The molecule has 0 unspecified atom stereocenters. The number of piperidine rings is 1. The Labute approximate surface area is 83.1 Å². The van der Waals surface area contributed by atoms with Crippen LogP contribution in [-0.2, 0) is 4.74 Å². The molecule has 0 spiro atoms. The van der Waals surface area contributed by atoms with E-state index in [1.54, 1.807) is 7.11 Å². The number of hydrogen-bond donors (Lipinski definition) is 1. The number of hydrogen-bond acceptors (Lipinski definition) is 2. The molecule has 0 aromatic carbocycles. The van der Waals surface area contributed by atoms with Crippen LogP contribution in [0.25, 0.3) is 0 Å². The van der Waals surface area contributed by atoms with Gasteiger partial charge in [-0.2, -0.15) is 0 Å². The molecule has 0 radical (unpaired) electrons. The zero-order valence-corrected chi connectivity index (χ0v) is 9.60. The molecule has 1 rings (SSSR count). The van der Waals surface area contributed by atoms with Crippen molar-refractivity contribution in [1.29, 1.82) is 0 Å². The molecule has 0 saturated carbocycles. The summed E-state index contributed by atoms with van der Waals surface area (Å²) in [5.74, 6) is 0.876. The van der Waals surface area contributed by atoms with E-state index in [-0.39, 0.29) is 0 Å². The van der Waals surface area contributed by atoms with E-state index in [1.165, 1.54) is 19.3 Å². The van der Waals surface area contributed by atoms with E-state index in [0.717, 1.165) is 19.1 Å². The van der Waals surface area contributed by atoms with Crippen LogP contribution in [0.5, 0.6) is 0 Å². The normalized spacial score (nSPS) is 27.7. The molecule has 1 fully saturated rings. The van der Waals surface area contributed by atoms with Gasteiger partial charge >= 0.3 is 0 Å². The van der Waals surface area contributed by atoms with Gasteiger partial charge in [0.2, 0.25) is 0 Å². The second kappa shape index (κ2) is 8.52. The highest BCUT2D eigenvalue weighted by molar-refractivity contribution is 4.75. The highest BCUT2D eigenvalue weighted by Crippen LogP contribution is 2.14. The van der Waals surface area contributed by atoms with E-state index in [1.807, 2.05) is 0 Å². The van der Waals surface area contributed by atoms with E-state index in [2.05, 4.69) is 26.1 Å². The van der Waals surface area contributed by atoms with E-state index in [4.69, 9.17) is 4.74 Å². The summed E-state index contributed by atoms with van der Waals surface area (Å²) < 4.78 is 5.07. The van der Waals surface area contributed by atoms with Crippen molar-refractivity contribution in [2.24, 2.45) is 5.92 Å². The quantitative estimate of drug-likeness (QED) is 0.717. The minimum Gasteiger partial charge on any atom is -0.383 e. The van der Waals surface area contributed by atoms with Crippen LogP contribution in [0.3, 0.4) is 0 Å². The second-order valence-electron chi connectivity index (χ2n) is 3.94. The Kier molecular flexibility index (Phi) is 8.46. The summed E-state index contributed by atoms with van der Waals surface area (Å²) in [5.41, 5.74) is 0. The van der Waals surface area contributed by atoms with Crippen molar-refractivity contribution in [3.05, 3.63) is 0 Å². The van der Waals surface area contributed by atoms with Gasteiger partial charge < -0.3 is 10.1 Å². The van der Waals surface area contributed by atoms with E-state index in [9.17, 15) is 0 Å². The van der Waals surface area contributed by atoms with Crippen molar-refractivity contribution < 1.29 is 4.74 Å². The van der Waals surface area contributed by atoms with Crippen molar-refractivity contribution in [3.63, 3.8) is 0 Å². The van der Waals surface area contributed by atoms with Gasteiger partial charge in [-0.1, -0.05) is 27.2 Å². The first-order valence-electron chi connectivity index (χ1n) is 5.46. The van der Waals surface area contributed by atoms with E-state index in [0.29, 0.717) is 6.04 Å². The van der Waals surface area contributed by atoms with Gasteiger partial charge in [-0.15, -0.1) is 0 Å². The van der Waals surface area contributed by atoms with Crippen LogP contribution < -0.4 is 5.32 Å². The molecule has 0 amide bonds. The summed E-state index contributed by atoms with van der Waals surface area (Å²) in [5, 5.41) is 3.43. The van der Waals surface area contributed by atoms with Crippen LogP contribution in [0.4, 0.5) is 0 Å². The molecule has 2 atom stereocenters.